The molecule has 0 radical (unpaired) electrons. The van der Waals surface area contributed by atoms with Gasteiger partial charge in [0.25, 0.3) is 3.79 Å². The van der Waals surface area contributed by atoms with Crippen LogP contribution in [0.5, 0.6) is 5.75 Å². The Morgan fingerprint density at radius 1 is 1.14 bits per heavy atom. The Hall–Kier alpha value is -2.27. The normalized spacial score (nSPS) is 27.9. The first kappa shape index (κ1) is 26.8. The van der Waals surface area contributed by atoms with Gasteiger partial charge in [-0.1, -0.05) is 82.4 Å². The number of ether oxygens (including phenoxy) is 6. The average molecular weight is 558 g/mol. The maximum absolute atomic E-state index is 9.30. The first-order valence-corrected chi connectivity index (χ1v) is 12.0. The molecule has 0 saturated carbocycles. The summed E-state index contributed by atoms with van der Waals surface area (Å²) in [5.41, 5.74) is 10.9. The summed E-state index contributed by atoms with van der Waals surface area (Å²) in [5.74, 6) is 0.0109. The molecule has 36 heavy (non-hydrogen) atoms. The van der Waals surface area contributed by atoms with Gasteiger partial charge in [-0.2, -0.15) is 0 Å². The molecule has 2 fully saturated rings. The Labute approximate surface area is 222 Å². The van der Waals surface area contributed by atoms with Crippen LogP contribution in [0.15, 0.2) is 59.7 Å². The van der Waals surface area contributed by atoms with Gasteiger partial charge in [0.1, 0.15) is 30.1 Å². The molecular formula is C23H23Cl3N4O6. The van der Waals surface area contributed by atoms with Gasteiger partial charge in [0.05, 0.1) is 20.3 Å². The second-order valence-corrected chi connectivity index (χ2v) is 10.3. The fraction of sp³-hybridized carbons (Fsp3) is 0.435. The molecule has 0 aliphatic carbocycles. The molecule has 2 aliphatic rings. The van der Waals surface area contributed by atoms with Crippen molar-refractivity contribution in [3.63, 3.8) is 0 Å². The minimum Gasteiger partial charge on any atom is -0.497 e. The van der Waals surface area contributed by atoms with Crippen LogP contribution in [0.3, 0.4) is 0 Å². The molecule has 0 aromatic heterocycles. The highest BCUT2D eigenvalue weighted by Gasteiger charge is 2.52. The van der Waals surface area contributed by atoms with Crippen molar-refractivity contribution in [3.8, 4) is 5.75 Å². The van der Waals surface area contributed by atoms with Gasteiger partial charge in [-0.05, 0) is 23.2 Å². The number of hydrogen-bond donors (Lipinski definition) is 1. The molecule has 2 aromatic rings. The highest BCUT2D eigenvalue weighted by molar-refractivity contribution is 6.76. The van der Waals surface area contributed by atoms with Crippen LogP contribution < -0.4 is 4.74 Å². The van der Waals surface area contributed by atoms with E-state index in [0.717, 1.165) is 11.1 Å². The fourth-order valence-corrected chi connectivity index (χ4v) is 4.04. The number of methoxy groups -OCH3 is 1. The van der Waals surface area contributed by atoms with E-state index < -0.39 is 46.6 Å². The van der Waals surface area contributed by atoms with Crippen molar-refractivity contribution in [1.29, 1.82) is 5.41 Å². The van der Waals surface area contributed by atoms with Crippen molar-refractivity contribution < 1.29 is 28.4 Å². The molecule has 2 aliphatic heterocycles. The molecule has 6 atom stereocenters. The Balaban J connectivity index is 1.61. The van der Waals surface area contributed by atoms with Crippen LogP contribution >= 0.6 is 34.8 Å². The molecule has 10 nitrogen and oxygen atoms in total. The molecule has 1 N–H and O–H groups in total. The maximum atomic E-state index is 9.30. The van der Waals surface area contributed by atoms with E-state index in [1.54, 1.807) is 19.2 Å². The number of alkyl halides is 3. The summed E-state index contributed by atoms with van der Waals surface area (Å²) in [6.07, 6.45) is -4.19. The zero-order valence-electron chi connectivity index (χ0n) is 19.0. The third kappa shape index (κ3) is 6.34. The molecule has 2 saturated heterocycles. The number of hydrogen-bond acceptors (Lipinski definition) is 8. The Bertz CT molecular complexity index is 1080. The highest BCUT2D eigenvalue weighted by Crippen LogP contribution is 2.38. The topological polar surface area (TPSA) is 128 Å². The Morgan fingerprint density at radius 3 is 2.50 bits per heavy atom. The third-order valence-corrected chi connectivity index (χ3v) is 6.17. The van der Waals surface area contributed by atoms with Crippen molar-refractivity contribution in [2.24, 2.45) is 5.11 Å². The van der Waals surface area contributed by atoms with Gasteiger partial charge in [-0.3, -0.25) is 5.41 Å². The zero-order chi connectivity index (χ0) is 25.7. The summed E-state index contributed by atoms with van der Waals surface area (Å²) in [4.78, 5) is 2.93. The number of halogens is 3. The Kier molecular flexibility index (Phi) is 8.82. The van der Waals surface area contributed by atoms with Crippen LogP contribution in [0, 0.1) is 5.41 Å². The van der Waals surface area contributed by atoms with Crippen LogP contribution in [-0.4, -0.2) is 54.1 Å². The van der Waals surface area contributed by atoms with Gasteiger partial charge in [-0.15, -0.1) is 0 Å². The smallest absolute Gasteiger partial charge is 0.265 e. The van der Waals surface area contributed by atoms with E-state index >= 15 is 0 Å². The molecule has 13 heteroatoms. The summed E-state index contributed by atoms with van der Waals surface area (Å²) in [6, 6.07) is 15.6. The van der Waals surface area contributed by atoms with Gasteiger partial charge < -0.3 is 28.4 Å². The summed E-state index contributed by atoms with van der Waals surface area (Å²) in [6.45, 7) is 0.279. The summed E-state index contributed by atoms with van der Waals surface area (Å²) >= 11 is 17.4. The average Bonchev–Trinajstić information content (AvgIpc) is 2.88. The van der Waals surface area contributed by atoms with Crippen LogP contribution in [-0.2, 0) is 30.3 Å². The van der Waals surface area contributed by atoms with E-state index in [2.05, 4.69) is 10.0 Å². The standard InChI is InChI=1S/C23H23Cl3N4O6/c1-31-15-9-7-13(8-10-15)11-32-19-17(29-30-28)21(36-22(27)23(24,25)26)34-16-12-33-20(35-18(16)19)14-5-3-2-4-6-14/h2-10,16-21,27H,11-12H2,1H3/t16-,17-,18-,19-,20-,21-/m1/s1. The quantitative estimate of drug-likeness (QED) is 0.120. The summed E-state index contributed by atoms with van der Waals surface area (Å²) < 4.78 is 32.9. The van der Waals surface area contributed by atoms with Crippen LogP contribution in [0.4, 0.5) is 0 Å². The number of benzene rings is 2. The lowest BCUT2D eigenvalue weighted by Crippen LogP contribution is -2.62. The predicted molar refractivity (Wildman–Crippen MR) is 132 cm³/mol. The first-order valence-electron chi connectivity index (χ1n) is 10.9. The number of fused-ring (bicyclic) bond motifs is 1. The van der Waals surface area contributed by atoms with Gasteiger partial charge >= 0.3 is 0 Å². The maximum Gasteiger partial charge on any atom is 0.265 e. The van der Waals surface area contributed by atoms with E-state index in [0.29, 0.717) is 5.75 Å². The lowest BCUT2D eigenvalue weighted by Gasteiger charge is -2.48. The predicted octanol–water partition coefficient (Wildman–Crippen LogP) is 5.46. The lowest BCUT2D eigenvalue weighted by atomic mass is 9.96. The minimum atomic E-state index is -2.14. The van der Waals surface area contributed by atoms with Crippen LogP contribution in [0.2, 0.25) is 0 Å². The zero-order valence-corrected chi connectivity index (χ0v) is 21.3. The minimum absolute atomic E-state index is 0.122. The van der Waals surface area contributed by atoms with Crippen molar-refractivity contribution in [2.75, 3.05) is 13.7 Å². The monoisotopic (exact) mass is 556 g/mol. The van der Waals surface area contributed by atoms with Crippen molar-refractivity contribution >= 4 is 40.7 Å². The second-order valence-electron chi connectivity index (χ2n) is 7.98. The van der Waals surface area contributed by atoms with E-state index in [1.165, 1.54) is 0 Å². The molecule has 0 bridgehead atoms. The van der Waals surface area contributed by atoms with Crippen molar-refractivity contribution in [2.45, 2.75) is 47.3 Å². The van der Waals surface area contributed by atoms with Crippen LogP contribution in [0.1, 0.15) is 17.4 Å². The second kappa shape index (κ2) is 11.9. The molecule has 0 spiro atoms. The van der Waals surface area contributed by atoms with Crippen molar-refractivity contribution in [1.82, 2.24) is 0 Å². The van der Waals surface area contributed by atoms with Crippen LogP contribution in [0.25, 0.3) is 10.4 Å². The number of nitrogens with zero attached hydrogens (tertiary/aromatic N) is 3. The molecule has 2 aromatic carbocycles. The number of nitrogens with one attached hydrogen (secondary N) is 1. The van der Waals surface area contributed by atoms with E-state index in [1.807, 2.05) is 42.5 Å². The van der Waals surface area contributed by atoms with Gasteiger partial charge in [0, 0.05) is 10.5 Å². The molecule has 192 valence electrons. The fourth-order valence-electron chi connectivity index (χ4n) is 3.91. The summed E-state index contributed by atoms with van der Waals surface area (Å²) in [5, 5.41) is 11.8. The number of rotatable bonds is 7. The molecule has 2 heterocycles. The third-order valence-electron chi connectivity index (χ3n) is 5.66. The summed E-state index contributed by atoms with van der Waals surface area (Å²) in [7, 11) is 1.58. The number of azide groups is 1. The van der Waals surface area contributed by atoms with E-state index in [9.17, 15) is 5.53 Å². The van der Waals surface area contributed by atoms with Crippen molar-refractivity contribution in [3.05, 3.63) is 76.2 Å². The largest absolute Gasteiger partial charge is 0.497 e. The Morgan fingerprint density at radius 2 is 1.86 bits per heavy atom. The molecular weight excluding hydrogens is 535 g/mol. The van der Waals surface area contributed by atoms with Gasteiger partial charge in [0.2, 0.25) is 12.2 Å². The SMILES string of the molecule is COc1ccc(CO[C@@H]2[C@@H](N=[N+]=[N-])[C@@H](OC(=N)C(Cl)(Cl)Cl)O[C@@H]3CO[C@@H](c4ccccc4)O[C@@H]23)cc1. The highest BCUT2D eigenvalue weighted by atomic mass is 35.6. The first-order chi connectivity index (χ1) is 17.3. The molecule has 0 amide bonds. The van der Waals surface area contributed by atoms with Gasteiger partial charge in [0.15, 0.2) is 6.29 Å². The van der Waals surface area contributed by atoms with E-state index in [-0.39, 0.29) is 13.2 Å². The van der Waals surface area contributed by atoms with Gasteiger partial charge in [-0.25, -0.2) is 0 Å². The van der Waals surface area contributed by atoms with E-state index in [4.69, 9.17) is 68.6 Å². The molecule has 0 unspecified atom stereocenters. The lowest BCUT2D eigenvalue weighted by molar-refractivity contribution is -0.339. The molecule has 4 rings (SSSR count).